The molecule has 0 bridgehead atoms. The number of aryl methyl sites for hydroxylation is 1. The summed E-state index contributed by atoms with van der Waals surface area (Å²) in [7, 11) is 1.62. The smallest absolute Gasteiger partial charge is 0.327 e. The van der Waals surface area contributed by atoms with Gasteiger partial charge in [0, 0.05) is 0 Å². The lowest BCUT2D eigenvalue weighted by molar-refractivity contribution is -0.145. The SMILES string of the molecule is CNC(C)(COc1cc(C)ccc1C(C)(C)C)C(=O)O. The Balaban J connectivity index is 3.03. The van der Waals surface area contributed by atoms with Crippen LogP contribution in [-0.4, -0.2) is 30.3 Å². The van der Waals surface area contributed by atoms with Crippen molar-refractivity contribution in [3.63, 3.8) is 0 Å². The van der Waals surface area contributed by atoms with Crippen molar-refractivity contribution >= 4 is 5.97 Å². The average Bonchev–Trinajstić information content (AvgIpc) is 2.34. The van der Waals surface area contributed by atoms with Gasteiger partial charge in [-0.3, -0.25) is 4.79 Å². The van der Waals surface area contributed by atoms with Crippen molar-refractivity contribution in [2.45, 2.75) is 45.6 Å². The molecule has 0 aliphatic heterocycles. The zero-order chi connectivity index (χ0) is 15.6. The van der Waals surface area contributed by atoms with E-state index in [9.17, 15) is 9.90 Å². The first-order valence-corrected chi connectivity index (χ1v) is 6.76. The van der Waals surface area contributed by atoms with Crippen molar-refractivity contribution in [3.05, 3.63) is 29.3 Å². The molecule has 0 aliphatic rings. The van der Waals surface area contributed by atoms with Crippen molar-refractivity contribution in [2.24, 2.45) is 0 Å². The maximum atomic E-state index is 11.3. The van der Waals surface area contributed by atoms with E-state index in [2.05, 4.69) is 26.1 Å². The predicted octanol–water partition coefficient (Wildman–Crippen LogP) is 2.73. The summed E-state index contributed by atoms with van der Waals surface area (Å²) in [5.41, 5.74) is 1.02. The van der Waals surface area contributed by atoms with Gasteiger partial charge in [-0.05, 0) is 43.5 Å². The summed E-state index contributed by atoms with van der Waals surface area (Å²) in [6.45, 7) is 10.0. The summed E-state index contributed by atoms with van der Waals surface area (Å²) in [4.78, 5) is 11.3. The second-order valence-electron chi connectivity index (χ2n) is 6.43. The molecule has 0 amide bonds. The monoisotopic (exact) mass is 279 g/mol. The quantitative estimate of drug-likeness (QED) is 0.870. The first-order chi connectivity index (χ1) is 9.10. The van der Waals surface area contributed by atoms with E-state index in [0.29, 0.717) is 0 Å². The number of rotatable bonds is 5. The number of aliphatic carboxylic acids is 1. The number of benzene rings is 1. The van der Waals surface area contributed by atoms with Gasteiger partial charge in [-0.25, -0.2) is 0 Å². The third-order valence-corrected chi connectivity index (χ3v) is 3.49. The predicted molar refractivity (Wildman–Crippen MR) is 80.5 cm³/mol. The Morgan fingerprint density at radius 2 is 1.90 bits per heavy atom. The highest BCUT2D eigenvalue weighted by Crippen LogP contribution is 2.32. The van der Waals surface area contributed by atoms with Crippen molar-refractivity contribution in [2.75, 3.05) is 13.7 Å². The standard InChI is InChI=1S/C16H25NO3/c1-11-7-8-12(15(2,3)4)13(9-11)20-10-16(5,17-6)14(18)19/h7-9,17H,10H2,1-6H3,(H,18,19). The highest BCUT2D eigenvalue weighted by Gasteiger charge is 2.33. The van der Waals surface area contributed by atoms with Gasteiger partial charge in [0.05, 0.1) is 0 Å². The Morgan fingerprint density at radius 1 is 1.30 bits per heavy atom. The first kappa shape index (κ1) is 16.5. The molecular weight excluding hydrogens is 254 g/mol. The van der Waals surface area contributed by atoms with Gasteiger partial charge >= 0.3 is 5.97 Å². The van der Waals surface area contributed by atoms with Crippen molar-refractivity contribution < 1.29 is 14.6 Å². The Kier molecular flexibility index (Phi) is 4.81. The van der Waals surface area contributed by atoms with E-state index in [4.69, 9.17) is 4.74 Å². The van der Waals surface area contributed by atoms with Gasteiger partial charge in [-0.1, -0.05) is 32.9 Å². The molecular formula is C16H25NO3. The van der Waals surface area contributed by atoms with Crippen LogP contribution < -0.4 is 10.1 Å². The fraction of sp³-hybridized carbons (Fsp3) is 0.562. The number of likely N-dealkylation sites (N-methyl/N-ethyl adjacent to an activating group) is 1. The lowest BCUT2D eigenvalue weighted by Crippen LogP contribution is -2.52. The normalized spacial score (nSPS) is 14.7. The summed E-state index contributed by atoms with van der Waals surface area (Å²) in [6, 6.07) is 6.04. The number of ether oxygens (including phenoxy) is 1. The number of hydrogen-bond acceptors (Lipinski definition) is 3. The van der Waals surface area contributed by atoms with Crippen LogP contribution in [0.25, 0.3) is 0 Å². The van der Waals surface area contributed by atoms with Gasteiger partial charge in [0.25, 0.3) is 0 Å². The van der Waals surface area contributed by atoms with Crippen LogP contribution >= 0.6 is 0 Å². The average molecular weight is 279 g/mol. The molecule has 4 nitrogen and oxygen atoms in total. The van der Waals surface area contributed by atoms with Crippen molar-refractivity contribution in [1.82, 2.24) is 5.32 Å². The molecule has 1 rings (SSSR count). The van der Waals surface area contributed by atoms with Crippen LogP contribution in [0.4, 0.5) is 0 Å². The Labute approximate surface area is 121 Å². The van der Waals surface area contributed by atoms with Crippen LogP contribution in [0.1, 0.15) is 38.8 Å². The number of hydrogen-bond donors (Lipinski definition) is 2. The molecule has 0 saturated heterocycles. The molecule has 0 radical (unpaired) electrons. The minimum atomic E-state index is -1.10. The van der Waals surface area contributed by atoms with Gasteiger partial charge in [0.15, 0.2) is 0 Å². The summed E-state index contributed by atoms with van der Waals surface area (Å²) < 4.78 is 5.82. The van der Waals surface area contributed by atoms with E-state index >= 15 is 0 Å². The fourth-order valence-corrected chi connectivity index (χ4v) is 1.83. The molecule has 0 aliphatic carbocycles. The Bertz CT molecular complexity index is 491. The van der Waals surface area contributed by atoms with Crippen LogP contribution in [0.5, 0.6) is 5.75 Å². The highest BCUT2D eigenvalue weighted by molar-refractivity contribution is 5.78. The Morgan fingerprint density at radius 3 is 2.35 bits per heavy atom. The van der Waals surface area contributed by atoms with Gasteiger partial charge < -0.3 is 15.2 Å². The number of carboxylic acids is 1. The third kappa shape index (κ3) is 3.73. The second kappa shape index (κ2) is 5.83. The van der Waals surface area contributed by atoms with Crippen molar-refractivity contribution in [1.29, 1.82) is 0 Å². The van der Waals surface area contributed by atoms with Gasteiger partial charge in [-0.15, -0.1) is 0 Å². The van der Waals surface area contributed by atoms with Crippen LogP contribution in [0.3, 0.4) is 0 Å². The summed E-state index contributed by atoms with van der Waals surface area (Å²) >= 11 is 0. The second-order valence-corrected chi connectivity index (χ2v) is 6.43. The number of carbonyl (C=O) groups is 1. The van der Waals surface area contributed by atoms with E-state index in [1.165, 1.54) is 0 Å². The molecule has 0 fully saturated rings. The largest absolute Gasteiger partial charge is 0.491 e. The zero-order valence-corrected chi connectivity index (χ0v) is 13.2. The third-order valence-electron chi connectivity index (χ3n) is 3.49. The molecule has 0 aromatic heterocycles. The topological polar surface area (TPSA) is 58.6 Å². The molecule has 112 valence electrons. The molecule has 2 N–H and O–H groups in total. The summed E-state index contributed by atoms with van der Waals surface area (Å²) in [5.74, 6) is -0.176. The first-order valence-electron chi connectivity index (χ1n) is 6.76. The van der Waals surface area contributed by atoms with Gasteiger partial charge in [0.2, 0.25) is 0 Å². The molecule has 0 heterocycles. The maximum Gasteiger partial charge on any atom is 0.327 e. The molecule has 1 unspecified atom stereocenters. The molecule has 20 heavy (non-hydrogen) atoms. The zero-order valence-electron chi connectivity index (χ0n) is 13.2. The molecule has 0 spiro atoms. The fourth-order valence-electron chi connectivity index (χ4n) is 1.83. The summed E-state index contributed by atoms with van der Waals surface area (Å²) in [6.07, 6.45) is 0. The van der Waals surface area contributed by atoms with E-state index in [1.807, 2.05) is 25.1 Å². The minimum absolute atomic E-state index is 0.0533. The summed E-state index contributed by atoms with van der Waals surface area (Å²) in [5, 5.41) is 12.0. The van der Waals surface area contributed by atoms with E-state index < -0.39 is 11.5 Å². The lowest BCUT2D eigenvalue weighted by Gasteiger charge is -2.27. The van der Waals surface area contributed by atoms with E-state index in [1.54, 1.807) is 14.0 Å². The van der Waals surface area contributed by atoms with Crippen LogP contribution in [-0.2, 0) is 10.2 Å². The van der Waals surface area contributed by atoms with E-state index in [0.717, 1.165) is 16.9 Å². The Hall–Kier alpha value is -1.55. The highest BCUT2D eigenvalue weighted by atomic mass is 16.5. The minimum Gasteiger partial charge on any atom is -0.491 e. The molecule has 4 heteroatoms. The van der Waals surface area contributed by atoms with Gasteiger partial charge in [-0.2, -0.15) is 0 Å². The van der Waals surface area contributed by atoms with Crippen molar-refractivity contribution in [3.8, 4) is 5.75 Å². The molecule has 0 saturated carbocycles. The van der Waals surface area contributed by atoms with Crippen LogP contribution in [0.2, 0.25) is 0 Å². The molecule has 1 aromatic rings. The van der Waals surface area contributed by atoms with E-state index in [-0.39, 0.29) is 12.0 Å². The van der Waals surface area contributed by atoms with Crippen LogP contribution in [0.15, 0.2) is 18.2 Å². The number of carboxylic acid groups (broad SMARTS) is 1. The molecule has 1 atom stereocenters. The molecule has 1 aromatic carbocycles. The van der Waals surface area contributed by atoms with Gasteiger partial charge in [0.1, 0.15) is 17.9 Å². The van der Waals surface area contributed by atoms with Crippen LogP contribution in [0, 0.1) is 6.92 Å². The lowest BCUT2D eigenvalue weighted by atomic mass is 9.86. The maximum absolute atomic E-state index is 11.3. The number of nitrogens with one attached hydrogen (secondary N) is 1.